The van der Waals surface area contributed by atoms with E-state index >= 15 is 0 Å². The second-order valence-corrected chi connectivity index (χ2v) is 7.95. The Balaban J connectivity index is 1.92. The third-order valence-electron chi connectivity index (χ3n) is 7.13. The molecule has 2 heterocycles. The van der Waals surface area contributed by atoms with Gasteiger partial charge in [-0.1, -0.05) is 51.1 Å². The molecule has 2 aliphatic heterocycles. The Morgan fingerprint density at radius 3 is 2.19 bits per heavy atom. The lowest BCUT2D eigenvalue weighted by Crippen LogP contribution is -2.71. The second kappa shape index (κ2) is 7.59. The first kappa shape index (κ1) is 19.8. The number of hydrogen-bond donors (Lipinski definition) is 0. The van der Waals surface area contributed by atoms with Gasteiger partial charge in [-0.2, -0.15) is 5.06 Å². The van der Waals surface area contributed by atoms with Gasteiger partial charge in [0.1, 0.15) is 6.10 Å². The van der Waals surface area contributed by atoms with Gasteiger partial charge in [-0.3, -0.25) is 4.84 Å². The number of ether oxygens (including phenoxy) is 2. The van der Waals surface area contributed by atoms with E-state index in [4.69, 9.17) is 14.3 Å². The summed E-state index contributed by atoms with van der Waals surface area (Å²) in [5.74, 6) is -0.283. The minimum atomic E-state index is -0.509. The number of nitrogens with zero attached hydrogens (tertiary/aromatic N) is 1. The molecule has 146 valence electrons. The smallest absolute Gasteiger partial charge is 0.179 e. The average molecular weight is 362 g/mol. The zero-order chi connectivity index (χ0) is 18.9. The van der Waals surface area contributed by atoms with Gasteiger partial charge >= 0.3 is 0 Å². The fraction of sp³-hybridized carbons (Fsp3) is 0.727. The van der Waals surface area contributed by atoms with Crippen LogP contribution in [0.3, 0.4) is 0 Å². The molecule has 4 atom stereocenters. The summed E-state index contributed by atoms with van der Waals surface area (Å²) < 4.78 is 12.7. The van der Waals surface area contributed by atoms with Gasteiger partial charge in [-0.15, -0.1) is 0 Å². The topological polar surface area (TPSA) is 30.9 Å². The first-order chi connectivity index (χ1) is 12.4. The van der Waals surface area contributed by atoms with Crippen LogP contribution in [0.4, 0.5) is 0 Å². The van der Waals surface area contributed by atoms with Crippen molar-refractivity contribution in [3.8, 4) is 0 Å². The third kappa shape index (κ3) is 2.82. The average Bonchev–Trinajstić information content (AvgIpc) is 3.17. The highest BCUT2D eigenvalue weighted by atomic mass is 16.7. The fourth-order valence-corrected chi connectivity index (χ4v) is 5.35. The molecule has 0 saturated carbocycles. The van der Waals surface area contributed by atoms with E-state index in [2.05, 4.69) is 70.9 Å². The van der Waals surface area contributed by atoms with E-state index in [0.29, 0.717) is 13.2 Å². The lowest BCUT2D eigenvalue weighted by atomic mass is 9.61. The Morgan fingerprint density at radius 2 is 1.65 bits per heavy atom. The highest BCUT2D eigenvalue weighted by Crippen LogP contribution is 2.57. The molecule has 3 rings (SSSR count). The Kier molecular flexibility index (Phi) is 5.78. The fourth-order valence-electron chi connectivity index (χ4n) is 5.35. The van der Waals surface area contributed by atoms with Crippen molar-refractivity contribution in [1.29, 1.82) is 0 Å². The third-order valence-corrected chi connectivity index (χ3v) is 7.13. The molecule has 0 bridgehead atoms. The van der Waals surface area contributed by atoms with E-state index in [1.54, 1.807) is 0 Å². The molecule has 2 aliphatic rings. The summed E-state index contributed by atoms with van der Waals surface area (Å²) in [6.07, 6.45) is 2.02. The number of rotatable bonds is 5. The van der Waals surface area contributed by atoms with Crippen LogP contribution in [0.15, 0.2) is 30.3 Å². The normalized spacial score (nSPS) is 32.0. The minimum absolute atomic E-state index is 0.0131. The maximum atomic E-state index is 6.56. The molecule has 4 nitrogen and oxygen atoms in total. The van der Waals surface area contributed by atoms with Crippen LogP contribution < -0.4 is 0 Å². The molecule has 1 aromatic carbocycles. The summed E-state index contributed by atoms with van der Waals surface area (Å²) >= 11 is 0. The molecule has 0 radical (unpaired) electrons. The standard InChI is InChI=1S/C22H35NO3/c1-7-21(8-2)19(6)23(26-18(5)20-12-10-9-11-13-20)17(4)16(3)22(21)24-14-15-25-22/h9-13,16-19H,7-8,14-15H2,1-6H3. The summed E-state index contributed by atoms with van der Waals surface area (Å²) in [7, 11) is 0. The van der Waals surface area contributed by atoms with Gasteiger partial charge in [0.2, 0.25) is 0 Å². The first-order valence-corrected chi connectivity index (χ1v) is 10.2. The molecule has 1 spiro atoms. The SMILES string of the molecule is CCC1(CC)C(C)N(OC(C)c2ccccc2)C(C)C(C)C12OCCO2. The Hall–Kier alpha value is -0.940. The van der Waals surface area contributed by atoms with Crippen molar-refractivity contribution in [3.05, 3.63) is 35.9 Å². The lowest BCUT2D eigenvalue weighted by Gasteiger charge is -2.61. The zero-order valence-corrected chi connectivity index (χ0v) is 17.2. The zero-order valence-electron chi connectivity index (χ0n) is 17.2. The molecule has 4 heteroatoms. The van der Waals surface area contributed by atoms with Crippen LogP contribution in [0, 0.1) is 11.3 Å². The summed E-state index contributed by atoms with van der Waals surface area (Å²) in [4.78, 5) is 6.56. The van der Waals surface area contributed by atoms with Crippen LogP contribution in [0.2, 0.25) is 0 Å². The van der Waals surface area contributed by atoms with Gasteiger partial charge in [0.05, 0.1) is 13.2 Å². The Bertz CT molecular complexity index is 580. The number of benzene rings is 1. The van der Waals surface area contributed by atoms with Crippen LogP contribution in [0.5, 0.6) is 0 Å². The second-order valence-electron chi connectivity index (χ2n) is 7.95. The monoisotopic (exact) mass is 361 g/mol. The van der Waals surface area contributed by atoms with Gasteiger partial charge in [-0.25, -0.2) is 0 Å². The molecule has 1 aromatic rings. The van der Waals surface area contributed by atoms with Gasteiger partial charge in [-0.05, 0) is 39.2 Å². The number of hydrogen-bond acceptors (Lipinski definition) is 4. The maximum absolute atomic E-state index is 6.56. The van der Waals surface area contributed by atoms with E-state index < -0.39 is 5.79 Å². The summed E-state index contributed by atoms with van der Waals surface area (Å²) in [5, 5.41) is 2.23. The van der Waals surface area contributed by atoms with Gasteiger partial charge in [0.15, 0.2) is 5.79 Å². The van der Waals surface area contributed by atoms with E-state index in [1.807, 2.05) is 6.07 Å². The van der Waals surface area contributed by atoms with Crippen molar-refractivity contribution < 1.29 is 14.3 Å². The van der Waals surface area contributed by atoms with Gasteiger partial charge in [0, 0.05) is 23.4 Å². The molecule has 2 saturated heterocycles. The van der Waals surface area contributed by atoms with Crippen molar-refractivity contribution >= 4 is 0 Å². The van der Waals surface area contributed by atoms with Crippen molar-refractivity contribution in [3.63, 3.8) is 0 Å². The molecule has 0 N–H and O–H groups in total. The molecule has 0 amide bonds. The minimum Gasteiger partial charge on any atom is -0.347 e. The number of piperidine rings is 1. The van der Waals surface area contributed by atoms with Crippen molar-refractivity contribution in [2.45, 2.75) is 78.4 Å². The Labute approximate surface area is 158 Å². The molecule has 0 aliphatic carbocycles. The molecular formula is C22H35NO3. The highest BCUT2D eigenvalue weighted by Gasteiger charge is 2.66. The first-order valence-electron chi connectivity index (χ1n) is 10.2. The number of hydroxylamine groups is 2. The van der Waals surface area contributed by atoms with Crippen LogP contribution in [0.1, 0.15) is 66.1 Å². The van der Waals surface area contributed by atoms with Crippen molar-refractivity contribution in [2.24, 2.45) is 11.3 Å². The van der Waals surface area contributed by atoms with E-state index in [-0.39, 0.29) is 29.5 Å². The summed E-state index contributed by atoms with van der Waals surface area (Å²) in [5.41, 5.74) is 1.11. The van der Waals surface area contributed by atoms with E-state index in [1.165, 1.54) is 5.56 Å². The van der Waals surface area contributed by atoms with Crippen LogP contribution in [-0.4, -0.2) is 36.1 Å². The molecule has 4 unspecified atom stereocenters. The molecule has 2 fully saturated rings. The quantitative estimate of drug-likeness (QED) is 0.742. The molecule has 0 aromatic heterocycles. The van der Waals surface area contributed by atoms with Gasteiger partial charge < -0.3 is 9.47 Å². The highest BCUT2D eigenvalue weighted by molar-refractivity contribution is 5.17. The van der Waals surface area contributed by atoms with Gasteiger partial charge in [0.25, 0.3) is 0 Å². The van der Waals surface area contributed by atoms with Crippen LogP contribution in [-0.2, 0) is 14.3 Å². The largest absolute Gasteiger partial charge is 0.347 e. The van der Waals surface area contributed by atoms with Crippen molar-refractivity contribution in [1.82, 2.24) is 5.06 Å². The predicted molar refractivity (Wildman–Crippen MR) is 104 cm³/mol. The lowest BCUT2D eigenvalue weighted by molar-refractivity contribution is -0.377. The van der Waals surface area contributed by atoms with E-state index in [9.17, 15) is 0 Å². The summed E-state index contributed by atoms with van der Waals surface area (Å²) in [6.45, 7) is 14.8. The predicted octanol–water partition coefficient (Wildman–Crippen LogP) is 4.96. The molecule has 26 heavy (non-hydrogen) atoms. The van der Waals surface area contributed by atoms with E-state index in [0.717, 1.165) is 12.8 Å². The van der Waals surface area contributed by atoms with Crippen molar-refractivity contribution in [2.75, 3.05) is 13.2 Å². The maximum Gasteiger partial charge on any atom is 0.179 e. The van der Waals surface area contributed by atoms with Crippen LogP contribution >= 0.6 is 0 Å². The Morgan fingerprint density at radius 1 is 1.08 bits per heavy atom. The van der Waals surface area contributed by atoms with Crippen LogP contribution in [0.25, 0.3) is 0 Å². The molecular weight excluding hydrogens is 326 g/mol. The summed E-state index contributed by atoms with van der Waals surface area (Å²) in [6, 6.07) is 10.9.